The van der Waals surface area contributed by atoms with Crippen LogP contribution in [0.1, 0.15) is 35.4 Å². The maximum atomic E-state index is 12.4. The van der Waals surface area contributed by atoms with Crippen LogP contribution >= 0.6 is 11.3 Å². The molecule has 0 unspecified atom stereocenters. The number of hydrogen-bond acceptors (Lipinski definition) is 7. The molecule has 0 aromatic carbocycles. The third-order valence-corrected chi connectivity index (χ3v) is 7.14. The summed E-state index contributed by atoms with van der Waals surface area (Å²) < 4.78 is 49.6. The molecule has 0 spiro atoms. The minimum absolute atomic E-state index is 0.00584. The number of hydrogen-bond donors (Lipinski definition) is 1. The molecular formula is C23H30F3N5O3S. The molecule has 1 saturated heterocycles. The van der Waals surface area contributed by atoms with Gasteiger partial charge in [0.2, 0.25) is 5.91 Å². The fourth-order valence-corrected chi connectivity index (χ4v) is 5.18. The van der Waals surface area contributed by atoms with Gasteiger partial charge in [-0.1, -0.05) is 11.3 Å². The number of halogens is 3. The highest BCUT2D eigenvalue weighted by Crippen LogP contribution is 2.29. The Morgan fingerprint density at radius 1 is 1.34 bits per heavy atom. The predicted octanol–water partition coefficient (Wildman–Crippen LogP) is 2.99. The zero-order valence-electron chi connectivity index (χ0n) is 19.6. The summed E-state index contributed by atoms with van der Waals surface area (Å²) in [6, 6.07) is 0.00584. The van der Waals surface area contributed by atoms with E-state index in [1.807, 2.05) is 13.2 Å². The van der Waals surface area contributed by atoms with Gasteiger partial charge in [-0.2, -0.15) is 18.3 Å². The number of nitrogens with zero attached hydrogens (tertiary/aromatic N) is 4. The van der Waals surface area contributed by atoms with Crippen LogP contribution in [0, 0.1) is 0 Å². The van der Waals surface area contributed by atoms with Crippen molar-refractivity contribution in [1.29, 1.82) is 0 Å². The summed E-state index contributed by atoms with van der Waals surface area (Å²) in [6.07, 6.45) is 6.72. The first-order chi connectivity index (χ1) is 16.7. The lowest BCUT2D eigenvalue weighted by Gasteiger charge is -2.31. The van der Waals surface area contributed by atoms with Gasteiger partial charge in [-0.15, -0.1) is 0 Å². The lowest BCUT2D eigenvalue weighted by atomic mass is 10.0. The quantitative estimate of drug-likeness (QED) is 0.547. The molecule has 0 aliphatic carbocycles. The molecule has 8 nitrogen and oxygen atoms in total. The fourth-order valence-electron chi connectivity index (χ4n) is 4.24. The number of amides is 1. The van der Waals surface area contributed by atoms with Gasteiger partial charge in [0.1, 0.15) is 0 Å². The first-order valence-electron chi connectivity index (χ1n) is 11.7. The Kier molecular flexibility index (Phi) is 8.45. The van der Waals surface area contributed by atoms with Gasteiger partial charge < -0.3 is 19.7 Å². The van der Waals surface area contributed by atoms with Crippen molar-refractivity contribution in [2.75, 3.05) is 32.8 Å². The Morgan fingerprint density at radius 2 is 2.17 bits per heavy atom. The number of alkyl halides is 3. The van der Waals surface area contributed by atoms with E-state index in [-0.39, 0.29) is 23.2 Å². The van der Waals surface area contributed by atoms with E-state index in [9.17, 15) is 18.0 Å². The number of thiazole rings is 1. The predicted molar refractivity (Wildman–Crippen MR) is 125 cm³/mol. The highest BCUT2D eigenvalue weighted by molar-refractivity contribution is 7.13. The molecule has 35 heavy (non-hydrogen) atoms. The molecule has 4 rings (SSSR count). The summed E-state index contributed by atoms with van der Waals surface area (Å²) in [6.45, 7) is 1.73. The molecule has 4 heterocycles. The van der Waals surface area contributed by atoms with Crippen molar-refractivity contribution in [3.8, 4) is 5.19 Å². The van der Waals surface area contributed by atoms with Gasteiger partial charge in [0.15, 0.2) is 6.61 Å². The maximum Gasteiger partial charge on any atom is 0.422 e. The van der Waals surface area contributed by atoms with Gasteiger partial charge in [-0.25, -0.2) is 4.98 Å². The van der Waals surface area contributed by atoms with Gasteiger partial charge >= 0.3 is 6.18 Å². The molecule has 1 N–H and O–H groups in total. The highest BCUT2D eigenvalue weighted by Gasteiger charge is 2.30. The minimum atomic E-state index is -4.36. The van der Waals surface area contributed by atoms with E-state index in [1.54, 1.807) is 17.0 Å². The molecule has 12 heteroatoms. The molecule has 2 aromatic rings. The average molecular weight is 514 g/mol. The summed E-state index contributed by atoms with van der Waals surface area (Å²) in [5.74, 6) is -0.140. The van der Waals surface area contributed by atoms with Crippen LogP contribution < -0.4 is 10.1 Å². The zero-order chi connectivity index (χ0) is 24.8. The van der Waals surface area contributed by atoms with Crippen LogP contribution in [-0.2, 0) is 29.4 Å². The second-order valence-electron chi connectivity index (χ2n) is 8.90. The Morgan fingerprint density at radius 3 is 2.89 bits per heavy atom. The molecule has 0 bridgehead atoms. The second kappa shape index (κ2) is 11.5. The number of fused-ring (bicyclic) bond motifs is 1. The molecule has 2 aliphatic heterocycles. The number of carbonyl (C=O) groups excluding carboxylic acids is 1. The minimum Gasteiger partial charge on any atom is -0.460 e. The SMILES string of the molecule is Cn1cc(/C=C/C(=O)N[C@H]2CC[C@H](CCN3CCc4nc(OCC(F)(F)F)sc4CC3)OC2)cn1. The van der Waals surface area contributed by atoms with Crippen LogP contribution in [0.5, 0.6) is 5.19 Å². The van der Waals surface area contributed by atoms with E-state index in [0.29, 0.717) is 13.0 Å². The van der Waals surface area contributed by atoms with E-state index >= 15 is 0 Å². The van der Waals surface area contributed by atoms with Crippen LogP contribution in [0.3, 0.4) is 0 Å². The first kappa shape index (κ1) is 25.6. The number of ether oxygens (including phenoxy) is 2. The molecule has 2 aromatic heterocycles. The number of nitrogens with one attached hydrogen (secondary N) is 1. The summed E-state index contributed by atoms with van der Waals surface area (Å²) >= 11 is 1.22. The molecule has 1 fully saturated rings. The van der Waals surface area contributed by atoms with Gasteiger partial charge in [-0.05, 0) is 31.8 Å². The fraction of sp³-hybridized carbons (Fsp3) is 0.609. The molecule has 192 valence electrons. The summed E-state index contributed by atoms with van der Waals surface area (Å²) in [5.41, 5.74) is 1.72. The van der Waals surface area contributed by atoms with E-state index in [1.165, 1.54) is 17.4 Å². The van der Waals surface area contributed by atoms with Crippen LogP contribution in [0.15, 0.2) is 18.5 Å². The molecule has 1 amide bonds. The summed E-state index contributed by atoms with van der Waals surface area (Å²) in [4.78, 5) is 19.8. The van der Waals surface area contributed by atoms with Crippen LogP contribution in [0.2, 0.25) is 0 Å². The smallest absolute Gasteiger partial charge is 0.422 e. The Balaban J connectivity index is 1.13. The summed E-state index contributed by atoms with van der Waals surface area (Å²) in [5, 5.41) is 7.16. The molecule has 2 atom stereocenters. The van der Waals surface area contributed by atoms with Gasteiger partial charge in [-0.3, -0.25) is 9.48 Å². The zero-order valence-corrected chi connectivity index (χ0v) is 20.4. The second-order valence-corrected chi connectivity index (χ2v) is 9.95. The summed E-state index contributed by atoms with van der Waals surface area (Å²) in [7, 11) is 1.83. The van der Waals surface area contributed by atoms with Gasteiger partial charge in [0.05, 0.1) is 30.6 Å². The monoisotopic (exact) mass is 513 g/mol. The van der Waals surface area contributed by atoms with Gasteiger partial charge in [0.25, 0.3) is 5.19 Å². The van der Waals surface area contributed by atoms with E-state index in [2.05, 4.69) is 20.3 Å². The van der Waals surface area contributed by atoms with Crippen LogP contribution in [0.4, 0.5) is 13.2 Å². The Hall–Kier alpha value is -2.44. The van der Waals surface area contributed by atoms with Crippen LogP contribution in [-0.4, -0.2) is 76.7 Å². The topological polar surface area (TPSA) is 81.5 Å². The van der Waals surface area contributed by atoms with Crippen molar-refractivity contribution in [2.24, 2.45) is 7.05 Å². The number of rotatable bonds is 8. The number of aryl methyl sites for hydroxylation is 1. The standard InChI is InChI=1S/C23H30F3N5O3S/c1-30-13-16(12-27-30)2-5-21(32)28-17-3-4-18(33-14-17)6-9-31-10-7-19-20(8-11-31)35-22(29-19)34-15-23(24,25)26/h2,5,12-13,17-18H,3-4,6-11,14-15H2,1H3,(H,28,32)/b5-2+/t17-,18+/m0/s1. The normalized spacial score (nSPS) is 21.6. The van der Waals surface area contributed by atoms with Crippen molar-refractivity contribution in [3.05, 3.63) is 34.6 Å². The molecule has 0 radical (unpaired) electrons. The van der Waals surface area contributed by atoms with Crippen molar-refractivity contribution in [3.63, 3.8) is 0 Å². The lowest BCUT2D eigenvalue weighted by molar-refractivity contribution is -0.153. The van der Waals surface area contributed by atoms with E-state index in [4.69, 9.17) is 9.47 Å². The Labute approximate surface area is 206 Å². The highest BCUT2D eigenvalue weighted by atomic mass is 32.1. The third-order valence-electron chi connectivity index (χ3n) is 6.07. The van der Waals surface area contributed by atoms with Crippen molar-refractivity contribution in [2.45, 2.75) is 50.4 Å². The van der Waals surface area contributed by atoms with E-state index < -0.39 is 12.8 Å². The third kappa shape index (κ3) is 8.04. The maximum absolute atomic E-state index is 12.4. The number of aromatic nitrogens is 3. The number of carbonyl (C=O) groups is 1. The molecule has 2 aliphatic rings. The lowest BCUT2D eigenvalue weighted by Crippen LogP contribution is -2.43. The molecular weight excluding hydrogens is 483 g/mol. The first-order valence-corrected chi connectivity index (χ1v) is 12.5. The van der Waals surface area contributed by atoms with Crippen molar-refractivity contribution < 1.29 is 27.4 Å². The van der Waals surface area contributed by atoms with Crippen LogP contribution in [0.25, 0.3) is 6.08 Å². The van der Waals surface area contributed by atoms with Crippen molar-refractivity contribution >= 4 is 23.3 Å². The Bertz CT molecular complexity index is 989. The average Bonchev–Trinajstić information content (AvgIpc) is 3.36. The van der Waals surface area contributed by atoms with E-state index in [0.717, 1.165) is 61.5 Å². The largest absolute Gasteiger partial charge is 0.460 e. The van der Waals surface area contributed by atoms with Crippen molar-refractivity contribution in [1.82, 2.24) is 25.0 Å². The molecule has 0 saturated carbocycles. The van der Waals surface area contributed by atoms with Gasteiger partial charge in [0, 0.05) is 55.8 Å².